The number of ketones is 1. The van der Waals surface area contributed by atoms with E-state index in [1.54, 1.807) is 24.3 Å². The molecule has 0 spiro atoms. The number of hydrogen-bond donors (Lipinski definition) is 1. The number of hydrogen-bond acceptors (Lipinski definition) is 2. The topological polar surface area (TPSA) is 37.3 Å². The molecule has 1 aliphatic carbocycles. The van der Waals surface area contributed by atoms with E-state index >= 15 is 0 Å². The van der Waals surface area contributed by atoms with Crippen LogP contribution >= 0.6 is 15.9 Å². The smallest absolute Gasteiger partial charge is 0.170 e. The largest absolute Gasteiger partial charge is 0.507 e. The van der Waals surface area contributed by atoms with Gasteiger partial charge in [0, 0.05) is 16.3 Å². The maximum Gasteiger partial charge on any atom is 0.170 e. The number of allylic oxidation sites excluding steroid dienone is 1. The highest BCUT2D eigenvalue weighted by Gasteiger charge is 2.54. The first-order chi connectivity index (χ1) is 11.3. The molecule has 3 rings (SSSR count). The Morgan fingerprint density at radius 1 is 1.25 bits per heavy atom. The Kier molecular flexibility index (Phi) is 4.39. The normalized spacial score (nSPS) is 25.8. The fourth-order valence-corrected chi connectivity index (χ4v) is 4.27. The summed E-state index contributed by atoms with van der Waals surface area (Å²) in [5.41, 5.74) is 2.53. The van der Waals surface area contributed by atoms with E-state index in [1.165, 1.54) is 0 Å². The number of para-hydroxylation sites is 1. The second kappa shape index (κ2) is 6.21. The van der Waals surface area contributed by atoms with Crippen LogP contribution < -0.4 is 0 Å². The lowest BCUT2D eigenvalue weighted by atomic mass is 9.49. The molecular weight excluding hydrogens is 364 g/mol. The summed E-state index contributed by atoms with van der Waals surface area (Å²) in [6.07, 6.45) is 0.757. The molecule has 2 nitrogen and oxygen atoms in total. The van der Waals surface area contributed by atoms with Crippen molar-refractivity contribution in [3.05, 3.63) is 76.3 Å². The summed E-state index contributed by atoms with van der Waals surface area (Å²) in [5.74, 6) is -0.00914. The fourth-order valence-electron chi connectivity index (χ4n) is 3.85. The summed E-state index contributed by atoms with van der Waals surface area (Å²) in [5, 5.41) is 10.0. The Morgan fingerprint density at radius 2 is 1.96 bits per heavy atom. The Bertz CT molecular complexity index is 811. The minimum absolute atomic E-state index is 0.0109. The van der Waals surface area contributed by atoms with E-state index in [0.717, 1.165) is 22.0 Å². The van der Waals surface area contributed by atoms with Crippen LogP contribution in [0.25, 0.3) is 0 Å². The van der Waals surface area contributed by atoms with E-state index in [4.69, 9.17) is 0 Å². The molecule has 0 heterocycles. The van der Waals surface area contributed by atoms with Crippen molar-refractivity contribution in [2.45, 2.75) is 26.2 Å². The minimum atomic E-state index is -0.144. The number of benzene rings is 2. The van der Waals surface area contributed by atoms with E-state index in [9.17, 15) is 9.90 Å². The number of carbonyl (C=O) groups excluding carboxylic acids is 1. The van der Waals surface area contributed by atoms with Crippen molar-refractivity contribution >= 4 is 21.7 Å². The summed E-state index contributed by atoms with van der Waals surface area (Å²) in [6.45, 7) is 8.37. The Hall–Kier alpha value is -1.87. The Labute approximate surface area is 151 Å². The molecule has 0 radical (unpaired) electrons. The van der Waals surface area contributed by atoms with Gasteiger partial charge in [-0.2, -0.15) is 0 Å². The van der Waals surface area contributed by atoms with Gasteiger partial charge in [0.05, 0.1) is 5.56 Å². The molecule has 0 amide bonds. The lowest BCUT2D eigenvalue weighted by Gasteiger charge is -2.54. The molecule has 1 saturated carbocycles. The number of carbonyl (C=O) groups is 1. The van der Waals surface area contributed by atoms with Gasteiger partial charge in [-0.3, -0.25) is 4.79 Å². The van der Waals surface area contributed by atoms with E-state index in [1.807, 2.05) is 19.1 Å². The first-order valence-corrected chi connectivity index (χ1v) is 8.87. The van der Waals surface area contributed by atoms with Crippen LogP contribution in [-0.2, 0) is 0 Å². The molecule has 0 unspecified atom stereocenters. The maximum absolute atomic E-state index is 13.0. The van der Waals surface area contributed by atoms with Crippen molar-refractivity contribution in [1.82, 2.24) is 0 Å². The van der Waals surface area contributed by atoms with Crippen LogP contribution in [0.15, 0.2) is 65.2 Å². The Balaban J connectivity index is 2.01. The third kappa shape index (κ3) is 2.71. The fraction of sp³-hybridized carbons (Fsp3) is 0.286. The summed E-state index contributed by atoms with van der Waals surface area (Å²) in [4.78, 5) is 13.0. The zero-order chi connectivity index (χ0) is 17.5. The summed E-state index contributed by atoms with van der Waals surface area (Å²) in [7, 11) is 0. The second-order valence-electron chi connectivity index (χ2n) is 6.92. The van der Waals surface area contributed by atoms with Gasteiger partial charge in [0.25, 0.3) is 0 Å². The predicted octanol–water partition coefficient (Wildman–Crippen LogP) is 5.72. The molecule has 24 heavy (non-hydrogen) atoms. The number of phenols is 1. The van der Waals surface area contributed by atoms with Gasteiger partial charge in [0.1, 0.15) is 5.75 Å². The first kappa shape index (κ1) is 17.0. The first-order valence-electron chi connectivity index (χ1n) is 8.08. The molecule has 2 aromatic rings. The molecule has 1 N–H and O–H groups in total. The van der Waals surface area contributed by atoms with Crippen LogP contribution in [0.5, 0.6) is 5.75 Å². The summed E-state index contributed by atoms with van der Waals surface area (Å²) < 4.78 is 1.00. The average molecular weight is 385 g/mol. The molecule has 1 fully saturated rings. The van der Waals surface area contributed by atoms with Gasteiger partial charge in [0.2, 0.25) is 0 Å². The maximum atomic E-state index is 13.0. The van der Waals surface area contributed by atoms with Gasteiger partial charge in [-0.05, 0) is 48.6 Å². The van der Waals surface area contributed by atoms with E-state index in [0.29, 0.717) is 5.56 Å². The van der Waals surface area contributed by atoms with Crippen molar-refractivity contribution in [2.75, 3.05) is 0 Å². The zero-order valence-corrected chi connectivity index (χ0v) is 15.5. The SMILES string of the molecule is C=C(C)[C@@]1(C)C[C@@H](C(=O)c2ccccc2O)[C@@H]1c1cccc(Br)c1. The van der Waals surface area contributed by atoms with Gasteiger partial charge >= 0.3 is 0 Å². The van der Waals surface area contributed by atoms with Crippen LogP contribution in [0.1, 0.15) is 42.1 Å². The monoisotopic (exact) mass is 384 g/mol. The lowest BCUT2D eigenvalue weighted by Crippen LogP contribution is -2.48. The Morgan fingerprint density at radius 3 is 2.58 bits per heavy atom. The molecule has 0 saturated heterocycles. The third-order valence-electron chi connectivity index (χ3n) is 5.42. The van der Waals surface area contributed by atoms with Crippen molar-refractivity contribution in [1.29, 1.82) is 0 Å². The molecule has 2 aromatic carbocycles. The van der Waals surface area contributed by atoms with Crippen molar-refractivity contribution in [2.24, 2.45) is 11.3 Å². The van der Waals surface area contributed by atoms with Gasteiger partial charge in [0.15, 0.2) is 5.78 Å². The molecule has 3 heteroatoms. The molecule has 0 aromatic heterocycles. The van der Waals surface area contributed by atoms with Crippen LogP contribution in [0.4, 0.5) is 0 Å². The van der Waals surface area contributed by atoms with Crippen LogP contribution in [0.2, 0.25) is 0 Å². The zero-order valence-electron chi connectivity index (χ0n) is 13.9. The van der Waals surface area contributed by atoms with Gasteiger partial charge in [-0.1, -0.05) is 59.3 Å². The molecule has 0 aliphatic heterocycles. The number of Topliss-reactive ketones (excluding diaryl/α,β-unsaturated/α-hetero) is 1. The van der Waals surface area contributed by atoms with Crippen molar-refractivity contribution in [3.8, 4) is 5.75 Å². The van der Waals surface area contributed by atoms with E-state index < -0.39 is 0 Å². The predicted molar refractivity (Wildman–Crippen MR) is 100 cm³/mol. The number of aromatic hydroxyl groups is 1. The highest BCUT2D eigenvalue weighted by molar-refractivity contribution is 9.10. The van der Waals surface area contributed by atoms with Gasteiger partial charge < -0.3 is 5.11 Å². The van der Waals surface area contributed by atoms with Crippen molar-refractivity contribution < 1.29 is 9.90 Å². The molecule has 1 aliphatic rings. The summed E-state index contributed by atoms with van der Waals surface area (Å²) >= 11 is 3.52. The van der Waals surface area contributed by atoms with Gasteiger partial charge in [-0.25, -0.2) is 0 Å². The highest BCUT2D eigenvalue weighted by Crippen LogP contribution is 2.61. The highest BCUT2D eigenvalue weighted by atomic mass is 79.9. The third-order valence-corrected chi connectivity index (χ3v) is 5.92. The summed E-state index contributed by atoms with van der Waals surface area (Å²) in [6, 6.07) is 14.9. The quantitative estimate of drug-likeness (QED) is 0.540. The number of halogens is 1. The number of phenolic OH excluding ortho intramolecular Hbond substituents is 1. The standard InChI is InChI=1S/C21H21BrO2/c1-13(2)21(3)12-17(19(21)14-7-6-8-15(22)11-14)20(24)16-9-4-5-10-18(16)23/h4-11,17,19,23H,1,12H2,2-3H3/t17-,19+,21-/m1/s1. The molecular formula is C21H21BrO2. The van der Waals surface area contributed by atoms with E-state index in [2.05, 4.69) is 41.6 Å². The van der Waals surface area contributed by atoms with Crippen molar-refractivity contribution in [3.63, 3.8) is 0 Å². The lowest BCUT2D eigenvalue weighted by molar-refractivity contribution is 0.0477. The van der Waals surface area contributed by atoms with Gasteiger partial charge in [-0.15, -0.1) is 0 Å². The van der Waals surface area contributed by atoms with Crippen LogP contribution in [0.3, 0.4) is 0 Å². The molecule has 3 atom stereocenters. The number of rotatable bonds is 4. The molecule has 124 valence electrons. The molecule has 0 bridgehead atoms. The average Bonchev–Trinajstić information content (AvgIpc) is 2.52. The van der Waals surface area contributed by atoms with Crippen LogP contribution in [-0.4, -0.2) is 10.9 Å². The van der Waals surface area contributed by atoms with E-state index in [-0.39, 0.29) is 28.8 Å². The second-order valence-corrected chi connectivity index (χ2v) is 7.84. The van der Waals surface area contributed by atoms with Crippen LogP contribution in [0, 0.1) is 11.3 Å². The minimum Gasteiger partial charge on any atom is -0.507 e.